The number of hydrogen-bond donors (Lipinski definition) is 0. The molecule has 0 saturated carbocycles. The molecular weight excluding hydrogens is 532 g/mol. The Morgan fingerprint density at radius 2 is 0.818 bits per heavy atom. The number of aromatic nitrogens is 2. The predicted octanol–water partition coefficient (Wildman–Crippen LogP) is 11.8. The zero-order valence-electron chi connectivity index (χ0n) is 25.6. The second-order valence-electron chi connectivity index (χ2n) is 12.5. The van der Waals surface area contributed by atoms with Crippen molar-refractivity contribution in [3.8, 4) is 22.3 Å². The van der Waals surface area contributed by atoms with Crippen LogP contribution >= 0.6 is 0 Å². The standard InChI is InChI=1S/C42H34N2/c1-25(2)28-17-11-21-34-39(30-15-5-7-23-36(30)43-41(28)34)32-19-9-13-27-14-10-20-33(38(27)32)40-31-16-6-8-24-37(31)44-42-29(26(3)4)18-12-22-35(40)42/h5-26H,1-4H3. The molecule has 0 radical (unpaired) electrons. The van der Waals surface area contributed by atoms with E-state index in [1.165, 1.54) is 65.7 Å². The molecule has 0 fully saturated rings. The summed E-state index contributed by atoms with van der Waals surface area (Å²) in [6.45, 7) is 9.03. The van der Waals surface area contributed by atoms with Crippen LogP contribution in [-0.4, -0.2) is 9.97 Å². The summed E-state index contributed by atoms with van der Waals surface area (Å²) >= 11 is 0. The van der Waals surface area contributed by atoms with Gasteiger partial charge in [-0.3, -0.25) is 0 Å². The van der Waals surface area contributed by atoms with Crippen molar-refractivity contribution in [1.29, 1.82) is 0 Å². The third kappa shape index (κ3) is 4.02. The van der Waals surface area contributed by atoms with Gasteiger partial charge in [-0.1, -0.05) is 137 Å². The van der Waals surface area contributed by atoms with Gasteiger partial charge in [-0.2, -0.15) is 0 Å². The van der Waals surface area contributed by atoms with Crippen LogP contribution in [0.25, 0.3) is 76.6 Å². The minimum absolute atomic E-state index is 0.369. The highest BCUT2D eigenvalue weighted by atomic mass is 14.7. The first-order valence-electron chi connectivity index (χ1n) is 15.7. The third-order valence-corrected chi connectivity index (χ3v) is 9.17. The predicted molar refractivity (Wildman–Crippen MR) is 189 cm³/mol. The van der Waals surface area contributed by atoms with Crippen LogP contribution in [0.4, 0.5) is 0 Å². The van der Waals surface area contributed by atoms with Crippen LogP contribution in [0, 0.1) is 0 Å². The van der Waals surface area contributed by atoms with E-state index in [0.717, 1.165) is 22.1 Å². The average Bonchev–Trinajstić information content (AvgIpc) is 3.05. The number of nitrogens with zero attached hydrogens (tertiary/aromatic N) is 2. The van der Waals surface area contributed by atoms with E-state index in [2.05, 4.69) is 149 Å². The first-order chi connectivity index (χ1) is 21.5. The van der Waals surface area contributed by atoms with Gasteiger partial charge in [0.25, 0.3) is 0 Å². The Morgan fingerprint density at radius 3 is 1.27 bits per heavy atom. The van der Waals surface area contributed by atoms with Crippen molar-refractivity contribution in [2.45, 2.75) is 39.5 Å². The van der Waals surface area contributed by atoms with E-state index >= 15 is 0 Å². The van der Waals surface area contributed by atoms with E-state index in [9.17, 15) is 0 Å². The van der Waals surface area contributed by atoms with Gasteiger partial charge in [-0.15, -0.1) is 0 Å². The maximum absolute atomic E-state index is 5.25. The summed E-state index contributed by atoms with van der Waals surface area (Å²) < 4.78 is 0. The second-order valence-corrected chi connectivity index (χ2v) is 12.5. The fourth-order valence-electron chi connectivity index (χ4n) is 7.14. The minimum atomic E-state index is 0.369. The molecule has 0 atom stereocenters. The second kappa shape index (κ2) is 10.3. The Kier molecular flexibility index (Phi) is 6.20. The van der Waals surface area contributed by atoms with Crippen molar-refractivity contribution in [3.05, 3.63) is 132 Å². The van der Waals surface area contributed by atoms with Gasteiger partial charge in [0.05, 0.1) is 22.1 Å². The normalized spacial score (nSPS) is 12.0. The summed E-state index contributed by atoms with van der Waals surface area (Å²) in [7, 11) is 0. The zero-order valence-corrected chi connectivity index (χ0v) is 25.6. The van der Waals surface area contributed by atoms with E-state index in [1.807, 2.05) is 0 Å². The minimum Gasteiger partial charge on any atom is -0.247 e. The summed E-state index contributed by atoms with van der Waals surface area (Å²) in [6.07, 6.45) is 0. The molecule has 0 amide bonds. The number of fused-ring (bicyclic) bond motifs is 5. The molecule has 0 unspecified atom stereocenters. The van der Waals surface area contributed by atoms with Gasteiger partial charge < -0.3 is 0 Å². The highest BCUT2D eigenvalue weighted by Crippen LogP contribution is 2.46. The molecule has 6 aromatic carbocycles. The molecule has 8 aromatic rings. The smallest absolute Gasteiger partial charge is 0.0750 e. The number of benzene rings is 6. The molecule has 0 aliphatic heterocycles. The molecule has 2 nitrogen and oxygen atoms in total. The molecule has 44 heavy (non-hydrogen) atoms. The Balaban J connectivity index is 1.58. The van der Waals surface area contributed by atoms with Crippen molar-refractivity contribution in [2.75, 3.05) is 0 Å². The SMILES string of the molecule is CC(C)c1cccc2c(-c3cccc4cccc(-c5c6ccccc6nc6c(C(C)C)cccc56)c34)c3ccccc3nc12. The van der Waals surface area contributed by atoms with Crippen molar-refractivity contribution >= 4 is 54.4 Å². The highest BCUT2D eigenvalue weighted by molar-refractivity contribution is 6.21. The maximum atomic E-state index is 5.25. The lowest BCUT2D eigenvalue weighted by molar-refractivity contribution is 0.873. The highest BCUT2D eigenvalue weighted by Gasteiger charge is 2.21. The Bertz CT molecular complexity index is 2230. The van der Waals surface area contributed by atoms with Crippen LogP contribution < -0.4 is 0 Å². The van der Waals surface area contributed by atoms with Gasteiger partial charge in [-0.25, -0.2) is 9.97 Å². The molecule has 2 aromatic heterocycles. The van der Waals surface area contributed by atoms with Crippen LogP contribution in [0.1, 0.15) is 50.7 Å². The van der Waals surface area contributed by atoms with Crippen molar-refractivity contribution in [3.63, 3.8) is 0 Å². The summed E-state index contributed by atoms with van der Waals surface area (Å²) in [6, 6.07) is 44.1. The van der Waals surface area contributed by atoms with Crippen molar-refractivity contribution in [1.82, 2.24) is 9.97 Å². The topological polar surface area (TPSA) is 25.8 Å². The Morgan fingerprint density at radius 1 is 0.409 bits per heavy atom. The lowest BCUT2D eigenvalue weighted by Crippen LogP contribution is -1.97. The molecule has 2 heterocycles. The fourth-order valence-corrected chi connectivity index (χ4v) is 7.14. The number of pyridine rings is 2. The van der Waals surface area contributed by atoms with Crippen molar-refractivity contribution in [2.24, 2.45) is 0 Å². The van der Waals surface area contributed by atoms with E-state index < -0.39 is 0 Å². The molecule has 0 N–H and O–H groups in total. The molecule has 212 valence electrons. The van der Waals surface area contributed by atoms with Crippen LogP contribution in [0.15, 0.2) is 121 Å². The number of para-hydroxylation sites is 4. The first kappa shape index (κ1) is 26.5. The summed E-state index contributed by atoms with van der Waals surface area (Å²) in [4.78, 5) is 10.5. The van der Waals surface area contributed by atoms with Gasteiger partial charge in [-0.05, 0) is 57.0 Å². The van der Waals surface area contributed by atoms with Gasteiger partial charge in [0, 0.05) is 32.7 Å². The average molecular weight is 567 g/mol. The Hall–Kier alpha value is -5.08. The Labute approximate surface area is 258 Å². The van der Waals surface area contributed by atoms with Crippen LogP contribution in [-0.2, 0) is 0 Å². The third-order valence-electron chi connectivity index (χ3n) is 9.17. The van der Waals surface area contributed by atoms with E-state index in [0.29, 0.717) is 11.8 Å². The molecular formula is C42H34N2. The molecule has 0 aliphatic carbocycles. The lowest BCUT2D eigenvalue weighted by atomic mass is 9.85. The first-order valence-corrected chi connectivity index (χ1v) is 15.7. The van der Waals surface area contributed by atoms with Crippen LogP contribution in [0.3, 0.4) is 0 Å². The summed E-state index contributed by atoms with van der Waals surface area (Å²) in [5.41, 5.74) is 11.8. The molecule has 0 aliphatic rings. The summed E-state index contributed by atoms with van der Waals surface area (Å²) in [5.74, 6) is 0.737. The molecule has 0 bridgehead atoms. The maximum Gasteiger partial charge on any atom is 0.0750 e. The summed E-state index contributed by atoms with van der Waals surface area (Å²) in [5, 5.41) is 7.23. The fraction of sp³-hybridized carbons (Fsp3) is 0.143. The largest absolute Gasteiger partial charge is 0.247 e. The van der Waals surface area contributed by atoms with E-state index in [4.69, 9.17) is 9.97 Å². The molecule has 0 spiro atoms. The monoisotopic (exact) mass is 566 g/mol. The van der Waals surface area contributed by atoms with Gasteiger partial charge in [0.15, 0.2) is 0 Å². The van der Waals surface area contributed by atoms with Gasteiger partial charge in [0.2, 0.25) is 0 Å². The molecule has 8 rings (SSSR count). The van der Waals surface area contributed by atoms with Gasteiger partial charge in [0.1, 0.15) is 0 Å². The quantitative estimate of drug-likeness (QED) is 0.198. The van der Waals surface area contributed by atoms with Gasteiger partial charge >= 0.3 is 0 Å². The van der Waals surface area contributed by atoms with E-state index in [-0.39, 0.29) is 0 Å². The molecule has 2 heteroatoms. The zero-order chi connectivity index (χ0) is 29.9. The molecule has 0 saturated heterocycles. The number of rotatable bonds is 4. The van der Waals surface area contributed by atoms with Crippen LogP contribution in [0.2, 0.25) is 0 Å². The number of hydrogen-bond acceptors (Lipinski definition) is 2. The lowest BCUT2D eigenvalue weighted by Gasteiger charge is -2.20. The van der Waals surface area contributed by atoms with Crippen molar-refractivity contribution < 1.29 is 0 Å². The van der Waals surface area contributed by atoms with E-state index in [1.54, 1.807) is 0 Å². The van der Waals surface area contributed by atoms with Crippen LogP contribution in [0.5, 0.6) is 0 Å².